The number of furan rings is 1. The largest absolute Gasteiger partial charge is 0.478 e. The molecule has 1 amide bonds. The number of rotatable bonds is 6. The van der Waals surface area contributed by atoms with E-state index in [1.165, 1.54) is 17.8 Å². The Balaban J connectivity index is 1.91. The average Bonchev–Trinajstić information content (AvgIpc) is 2.98. The molecule has 0 aliphatic heterocycles. The Bertz CT molecular complexity index is 624. The summed E-state index contributed by atoms with van der Waals surface area (Å²) >= 11 is 1.31. The molecule has 0 aliphatic rings. The van der Waals surface area contributed by atoms with Gasteiger partial charge in [0.15, 0.2) is 0 Å². The molecular weight excluding hydrogens is 290 g/mol. The van der Waals surface area contributed by atoms with Crippen LogP contribution in [0, 0.1) is 0 Å². The lowest BCUT2D eigenvalue weighted by Gasteiger charge is -2.11. The second-order valence-electron chi connectivity index (χ2n) is 4.39. The molecule has 1 aromatic carbocycles. The van der Waals surface area contributed by atoms with Crippen molar-refractivity contribution in [3.8, 4) is 0 Å². The summed E-state index contributed by atoms with van der Waals surface area (Å²) in [5.74, 6) is -0.419. The van der Waals surface area contributed by atoms with Gasteiger partial charge in [0.2, 0.25) is 5.91 Å². The zero-order valence-electron chi connectivity index (χ0n) is 11.4. The van der Waals surface area contributed by atoms with Crippen LogP contribution >= 0.6 is 11.8 Å². The standard InChI is InChI=1S/C15H15NO4S/c1-10(14(17)16-9-12-5-3-7-20-12)21-13-6-2-4-11(8-13)15(18)19/h2-8,10H,9H2,1H3,(H,16,17)(H,18,19). The Kier molecular flexibility index (Phi) is 5.05. The molecule has 2 aromatic rings. The maximum Gasteiger partial charge on any atom is 0.335 e. The minimum absolute atomic E-state index is 0.128. The summed E-state index contributed by atoms with van der Waals surface area (Å²) in [6.45, 7) is 2.11. The van der Waals surface area contributed by atoms with E-state index in [-0.39, 0.29) is 16.7 Å². The lowest BCUT2D eigenvalue weighted by Crippen LogP contribution is -2.30. The van der Waals surface area contributed by atoms with Crippen LogP contribution in [-0.2, 0) is 11.3 Å². The number of aromatic carboxylic acids is 1. The SMILES string of the molecule is CC(Sc1cccc(C(=O)O)c1)C(=O)NCc1ccco1. The molecule has 0 fully saturated rings. The van der Waals surface area contributed by atoms with Gasteiger partial charge in [-0.25, -0.2) is 4.79 Å². The van der Waals surface area contributed by atoms with Crippen molar-refractivity contribution in [2.45, 2.75) is 23.6 Å². The molecule has 110 valence electrons. The second kappa shape index (κ2) is 6.99. The first kappa shape index (κ1) is 15.2. The molecule has 5 nitrogen and oxygen atoms in total. The maximum absolute atomic E-state index is 12.0. The smallest absolute Gasteiger partial charge is 0.335 e. The Hall–Kier alpha value is -2.21. The first-order valence-electron chi connectivity index (χ1n) is 6.36. The molecule has 0 saturated heterocycles. The number of carboxylic acids is 1. The van der Waals surface area contributed by atoms with Crippen molar-refractivity contribution in [3.63, 3.8) is 0 Å². The van der Waals surface area contributed by atoms with Crippen LogP contribution in [0.2, 0.25) is 0 Å². The lowest BCUT2D eigenvalue weighted by molar-refractivity contribution is -0.120. The zero-order chi connectivity index (χ0) is 15.2. The van der Waals surface area contributed by atoms with E-state index in [0.29, 0.717) is 12.3 Å². The summed E-state index contributed by atoms with van der Waals surface area (Å²) in [5, 5.41) is 11.4. The van der Waals surface area contributed by atoms with Crippen molar-refractivity contribution in [1.29, 1.82) is 0 Å². The van der Waals surface area contributed by atoms with Crippen LogP contribution in [0.5, 0.6) is 0 Å². The Labute approximate surface area is 126 Å². The quantitative estimate of drug-likeness (QED) is 0.802. The van der Waals surface area contributed by atoms with Gasteiger partial charge in [-0.3, -0.25) is 4.79 Å². The molecule has 0 bridgehead atoms. The molecule has 1 atom stereocenters. The minimum Gasteiger partial charge on any atom is -0.478 e. The average molecular weight is 305 g/mol. The Morgan fingerprint density at radius 1 is 1.33 bits per heavy atom. The van der Waals surface area contributed by atoms with Gasteiger partial charge in [0.25, 0.3) is 0 Å². The van der Waals surface area contributed by atoms with Gasteiger partial charge in [0.05, 0.1) is 23.6 Å². The van der Waals surface area contributed by atoms with Gasteiger partial charge in [-0.2, -0.15) is 0 Å². The Morgan fingerprint density at radius 3 is 2.81 bits per heavy atom. The monoisotopic (exact) mass is 305 g/mol. The normalized spacial score (nSPS) is 11.9. The highest BCUT2D eigenvalue weighted by atomic mass is 32.2. The van der Waals surface area contributed by atoms with Crippen LogP contribution < -0.4 is 5.32 Å². The topological polar surface area (TPSA) is 79.5 Å². The van der Waals surface area contributed by atoms with Crippen molar-refractivity contribution in [2.75, 3.05) is 0 Å². The first-order valence-corrected chi connectivity index (χ1v) is 7.24. The van der Waals surface area contributed by atoms with Crippen molar-refractivity contribution in [3.05, 3.63) is 54.0 Å². The summed E-state index contributed by atoms with van der Waals surface area (Å²) < 4.78 is 5.14. The van der Waals surface area contributed by atoms with Crippen molar-refractivity contribution >= 4 is 23.6 Å². The van der Waals surface area contributed by atoms with Gasteiger partial charge in [-0.05, 0) is 37.3 Å². The van der Waals surface area contributed by atoms with Crippen molar-refractivity contribution < 1.29 is 19.1 Å². The number of hydrogen-bond acceptors (Lipinski definition) is 4. The van der Waals surface area contributed by atoms with Crippen LogP contribution in [0.25, 0.3) is 0 Å². The molecule has 2 rings (SSSR count). The lowest BCUT2D eigenvalue weighted by atomic mass is 10.2. The molecule has 0 aliphatic carbocycles. The predicted molar refractivity (Wildman–Crippen MR) is 79.3 cm³/mol. The first-order chi connectivity index (χ1) is 10.1. The van der Waals surface area contributed by atoms with Gasteiger partial charge >= 0.3 is 5.97 Å². The fraction of sp³-hybridized carbons (Fsp3) is 0.200. The van der Waals surface area contributed by atoms with E-state index in [2.05, 4.69) is 5.32 Å². The second-order valence-corrected chi connectivity index (χ2v) is 5.80. The third kappa shape index (κ3) is 4.39. The number of thioether (sulfide) groups is 1. The highest BCUT2D eigenvalue weighted by Gasteiger charge is 2.15. The molecule has 0 spiro atoms. The number of amides is 1. The number of hydrogen-bond donors (Lipinski definition) is 2. The van der Waals surface area contributed by atoms with Crippen LogP contribution in [0.15, 0.2) is 52.0 Å². The van der Waals surface area contributed by atoms with Crippen LogP contribution in [0.1, 0.15) is 23.0 Å². The summed E-state index contributed by atoms with van der Waals surface area (Å²) in [4.78, 5) is 23.6. The highest BCUT2D eigenvalue weighted by molar-refractivity contribution is 8.00. The van der Waals surface area contributed by atoms with Gasteiger partial charge < -0.3 is 14.8 Å². The van der Waals surface area contributed by atoms with E-state index in [1.807, 2.05) is 0 Å². The molecule has 0 radical (unpaired) electrons. The Morgan fingerprint density at radius 2 is 2.14 bits per heavy atom. The van der Waals surface area contributed by atoms with E-state index in [0.717, 1.165) is 4.90 Å². The maximum atomic E-state index is 12.0. The fourth-order valence-electron chi connectivity index (χ4n) is 1.69. The van der Waals surface area contributed by atoms with Crippen molar-refractivity contribution in [2.24, 2.45) is 0 Å². The minimum atomic E-state index is -0.979. The summed E-state index contributed by atoms with van der Waals surface area (Å²) in [5.41, 5.74) is 0.211. The van der Waals surface area contributed by atoms with E-state index in [4.69, 9.17) is 9.52 Å². The van der Waals surface area contributed by atoms with E-state index >= 15 is 0 Å². The highest BCUT2D eigenvalue weighted by Crippen LogP contribution is 2.24. The summed E-state index contributed by atoms with van der Waals surface area (Å²) in [6.07, 6.45) is 1.55. The van der Waals surface area contributed by atoms with Gasteiger partial charge in [0, 0.05) is 4.90 Å². The molecular formula is C15H15NO4S. The number of nitrogens with one attached hydrogen (secondary N) is 1. The molecule has 21 heavy (non-hydrogen) atoms. The number of carboxylic acid groups (broad SMARTS) is 1. The van der Waals surface area contributed by atoms with Crippen LogP contribution in [-0.4, -0.2) is 22.2 Å². The molecule has 1 unspecified atom stereocenters. The van der Waals surface area contributed by atoms with Gasteiger partial charge in [-0.15, -0.1) is 11.8 Å². The van der Waals surface area contributed by atoms with Gasteiger partial charge in [0.1, 0.15) is 5.76 Å². The molecule has 1 aromatic heterocycles. The molecule has 1 heterocycles. The number of carbonyl (C=O) groups excluding carboxylic acids is 1. The number of benzene rings is 1. The fourth-order valence-corrected chi connectivity index (χ4v) is 2.64. The van der Waals surface area contributed by atoms with E-state index < -0.39 is 5.97 Å². The zero-order valence-corrected chi connectivity index (χ0v) is 12.2. The van der Waals surface area contributed by atoms with Crippen molar-refractivity contribution in [1.82, 2.24) is 5.32 Å². The summed E-state index contributed by atoms with van der Waals surface area (Å²) in [6, 6.07) is 10.1. The molecule has 0 saturated carbocycles. The van der Waals surface area contributed by atoms with Crippen LogP contribution in [0.4, 0.5) is 0 Å². The molecule has 2 N–H and O–H groups in total. The van der Waals surface area contributed by atoms with Gasteiger partial charge in [-0.1, -0.05) is 6.07 Å². The van der Waals surface area contributed by atoms with Crippen LogP contribution in [0.3, 0.4) is 0 Å². The number of carbonyl (C=O) groups is 2. The molecule has 6 heteroatoms. The summed E-state index contributed by atoms with van der Waals surface area (Å²) in [7, 11) is 0. The van der Waals surface area contributed by atoms with E-state index in [9.17, 15) is 9.59 Å². The third-order valence-corrected chi connectivity index (χ3v) is 3.87. The third-order valence-electron chi connectivity index (χ3n) is 2.78. The van der Waals surface area contributed by atoms with E-state index in [1.54, 1.807) is 43.5 Å². The predicted octanol–water partition coefficient (Wildman–Crippen LogP) is 2.77.